The Morgan fingerprint density at radius 1 is 1.28 bits per heavy atom. The first-order valence-electron chi connectivity index (χ1n) is 7.25. The molecule has 0 radical (unpaired) electrons. The third kappa shape index (κ3) is 3.94. The lowest BCUT2D eigenvalue weighted by Crippen LogP contribution is -1.85. The van der Waals surface area contributed by atoms with Gasteiger partial charge in [-0.15, -0.1) is 10.2 Å². The van der Waals surface area contributed by atoms with Gasteiger partial charge in [0.05, 0.1) is 23.5 Å². The lowest BCUT2D eigenvalue weighted by Gasteiger charge is -2.06. The molecule has 3 rings (SSSR count). The standard InChI is InChI=1S/C16H15BrN6O2/c1-23-6-5-18-16(23)22-21-15-19-9-11(20-15)4-3-10-7-12(17)14(24)13(8-10)25-2/h3-9,24H,1-2H3,(H,19,20)/b4-3+,22-21?. The van der Waals surface area contributed by atoms with Crippen LogP contribution >= 0.6 is 15.9 Å². The molecule has 0 aliphatic heterocycles. The minimum absolute atomic E-state index is 0.0678. The van der Waals surface area contributed by atoms with E-state index >= 15 is 0 Å². The number of nitrogens with one attached hydrogen (secondary N) is 1. The van der Waals surface area contributed by atoms with Gasteiger partial charge in [-0.1, -0.05) is 6.08 Å². The predicted molar refractivity (Wildman–Crippen MR) is 97.3 cm³/mol. The van der Waals surface area contributed by atoms with Crippen molar-refractivity contribution in [2.75, 3.05) is 7.11 Å². The molecule has 0 bridgehead atoms. The zero-order valence-electron chi connectivity index (χ0n) is 13.5. The number of nitrogens with zero attached hydrogens (tertiary/aromatic N) is 5. The van der Waals surface area contributed by atoms with Crippen molar-refractivity contribution in [3.63, 3.8) is 0 Å². The van der Waals surface area contributed by atoms with Crippen LogP contribution in [-0.2, 0) is 7.05 Å². The quantitative estimate of drug-likeness (QED) is 0.624. The molecule has 2 heterocycles. The molecule has 0 aliphatic carbocycles. The Morgan fingerprint density at radius 2 is 2.12 bits per heavy atom. The van der Waals surface area contributed by atoms with Crippen molar-refractivity contribution in [2.24, 2.45) is 17.3 Å². The average molecular weight is 403 g/mol. The third-order valence-electron chi connectivity index (χ3n) is 3.34. The number of benzene rings is 1. The van der Waals surface area contributed by atoms with Crippen LogP contribution in [0.3, 0.4) is 0 Å². The molecule has 2 N–H and O–H groups in total. The van der Waals surface area contributed by atoms with Gasteiger partial charge < -0.3 is 19.4 Å². The minimum Gasteiger partial charge on any atom is -0.503 e. The van der Waals surface area contributed by atoms with E-state index in [9.17, 15) is 5.11 Å². The second-order valence-electron chi connectivity index (χ2n) is 5.09. The Balaban J connectivity index is 1.75. The van der Waals surface area contributed by atoms with Crippen molar-refractivity contribution in [3.8, 4) is 11.5 Å². The molecule has 3 aromatic rings. The van der Waals surface area contributed by atoms with Crippen LogP contribution in [0.1, 0.15) is 11.3 Å². The molecule has 0 aliphatic rings. The molecule has 0 atom stereocenters. The summed E-state index contributed by atoms with van der Waals surface area (Å²) in [4.78, 5) is 11.2. The second-order valence-corrected chi connectivity index (χ2v) is 5.94. The van der Waals surface area contributed by atoms with Crippen molar-refractivity contribution in [2.45, 2.75) is 0 Å². The first kappa shape index (κ1) is 16.9. The van der Waals surface area contributed by atoms with E-state index in [0.717, 1.165) is 11.3 Å². The predicted octanol–water partition coefficient (Wildman–Crippen LogP) is 4.21. The fourth-order valence-electron chi connectivity index (χ4n) is 2.04. The number of aryl methyl sites for hydroxylation is 1. The number of ether oxygens (including phenoxy) is 1. The summed E-state index contributed by atoms with van der Waals surface area (Å²) < 4.78 is 7.44. The third-order valence-corrected chi connectivity index (χ3v) is 3.94. The number of aromatic amines is 1. The van der Waals surface area contributed by atoms with Gasteiger partial charge in [-0.25, -0.2) is 9.97 Å². The van der Waals surface area contributed by atoms with Crippen LogP contribution in [0.2, 0.25) is 0 Å². The average Bonchev–Trinajstić information content (AvgIpc) is 3.22. The Morgan fingerprint density at radius 3 is 2.84 bits per heavy atom. The second kappa shape index (κ2) is 7.31. The molecule has 128 valence electrons. The number of H-pyrrole nitrogens is 1. The van der Waals surface area contributed by atoms with Gasteiger partial charge in [0, 0.05) is 19.4 Å². The number of aromatic hydroxyl groups is 1. The summed E-state index contributed by atoms with van der Waals surface area (Å²) in [6, 6.07) is 3.51. The van der Waals surface area contributed by atoms with Crippen LogP contribution in [0.5, 0.6) is 11.5 Å². The van der Waals surface area contributed by atoms with E-state index in [1.807, 2.05) is 19.2 Å². The maximum atomic E-state index is 9.83. The van der Waals surface area contributed by atoms with E-state index in [0.29, 0.717) is 22.1 Å². The highest BCUT2D eigenvalue weighted by atomic mass is 79.9. The number of phenolic OH excluding ortho intramolecular Hbond substituents is 1. The van der Waals surface area contributed by atoms with E-state index in [4.69, 9.17) is 4.74 Å². The zero-order chi connectivity index (χ0) is 17.8. The first-order chi connectivity index (χ1) is 12.1. The largest absolute Gasteiger partial charge is 0.503 e. The van der Waals surface area contributed by atoms with E-state index in [1.165, 1.54) is 7.11 Å². The highest BCUT2D eigenvalue weighted by molar-refractivity contribution is 9.10. The number of methoxy groups -OCH3 is 1. The Bertz CT molecular complexity index is 944. The number of halogens is 1. The number of azo groups is 1. The molecule has 0 amide bonds. The highest BCUT2D eigenvalue weighted by Crippen LogP contribution is 2.35. The molecule has 0 spiro atoms. The summed E-state index contributed by atoms with van der Waals surface area (Å²) in [6.07, 6.45) is 8.78. The van der Waals surface area contributed by atoms with Crippen molar-refractivity contribution >= 4 is 40.0 Å². The molecule has 9 heteroatoms. The van der Waals surface area contributed by atoms with Gasteiger partial charge >= 0.3 is 0 Å². The highest BCUT2D eigenvalue weighted by Gasteiger charge is 2.07. The Labute approximate surface area is 152 Å². The SMILES string of the molecule is COc1cc(/C=C/c2cnc(N=Nc3nccn3C)[nH]2)cc(Br)c1O. The van der Waals surface area contributed by atoms with Gasteiger partial charge in [0.25, 0.3) is 0 Å². The lowest BCUT2D eigenvalue weighted by atomic mass is 10.2. The summed E-state index contributed by atoms with van der Waals surface area (Å²) in [5, 5.41) is 17.9. The molecule has 25 heavy (non-hydrogen) atoms. The molecule has 2 aromatic heterocycles. The van der Waals surface area contributed by atoms with E-state index < -0.39 is 0 Å². The lowest BCUT2D eigenvalue weighted by molar-refractivity contribution is 0.372. The molecule has 8 nitrogen and oxygen atoms in total. The number of imidazole rings is 2. The molecule has 0 saturated carbocycles. The molecular weight excluding hydrogens is 388 g/mol. The molecule has 0 fully saturated rings. The molecule has 0 saturated heterocycles. The summed E-state index contributed by atoms with van der Waals surface area (Å²) in [5.41, 5.74) is 1.62. The normalized spacial score (nSPS) is 11.6. The van der Waals surface area contributed by atoms with Crippen molar-refractivity contribution < 1.29 is 9.84 Å². The van der Waals surface area contributed by atoms with Crippen LogP contribution in [0.15, 0.2) is 45.4 Å². The van der Waals surface area contributed by atoms with Crippen LogP contribution < -0.4 is 4.74 Å². The van der Waals surface area contributed by atoms with Crippen molar-refractivity contribution in [3.05, 3.63) is 46.5 Å². The van der Waals surface area contributed by atoms with Crippen LogP contribution in [0, 0.1) is 0 Å². The first-order valence-corrected chi connectivity index (χ1v) is 8.05. The maximum absolute atomic E-state index is 9.83. The molecule has 1 aromatic carbocycles. The van der Waals surface area contributed by atoms with Crippen LogP contribution in [-0.4, -0.2) is 31.7 Å². The van der Waals surface area contributed by atoms with Gasteiger partial charge in [-0.05, 0) is 39.7 Å². The summed E-state index contributed by atoms with van der Waals surface area (Å²) in [7, 11) is 3.34. The van der Waals surface area contributed by atoms with E-state index in [-0.39, 0.29) is 5.75 Å². The van der Waals surface area contributed by atoms with Crippen LogP contribution in [0.4, 0.5) is 11.9 Å². The maximum Gasteiger partial charge on any atom is 0.249 e. The van der Waals surface area contributed by atoms with Gasteiger partial charge in [-0.2, -0.15) is 0 Å². The van der Waals surface area contributed by atoms with E-state index in [2.05, 4.69) is 41.1 Å². The topological polar surface area (TPSA) is 101 Å². The van der Waals surface area contributed by atoms with Crippen molar-refractivity contribution in [1.82, 2.24) is 19.5 Å². The summed E-state index contributed by atoms with van der Waals surface area (Å²) >= 11 is 3.29. The van der Waals surface area contributed by atoms with E-state index in [1.54, 1.807) is 35.3 Å². The van der Waals surface area contributed by atoms with Crippen molar-refractivity contribution in [1.29, 1.82) is 0 Å². The summed E-state index contributed by atoms with van der Waals surface area (Å²) in [6.45, 7) is 0. The van der Waals surface area contributed by atoms with Crippen LogP contribution in [0.25, 0.3) is 12.2 Å². The Hall–Kier alpha value is -2.94. The number of hydrogen-bond acceptors (Lipinski definition) is 6. The summed E-state index contributed by atoms with van der Waals surface area (Å²) in [5.74, 6) is 1.34. The monoisotopic (exact) mass is 402 g/mol. The molecule has 0 unspecified atom stereocenters. The Kier molecular flexibility index (Phi) is 4.94. The zero-order valence-corrected chi connectivity index (χ0v) is 15.1. The number of aromatic nitrogens is 4. The number of rotatable bonds is 5. The number of phenols is 1. The van der Waals surface area contributed by atoms with Gasteiger partial charge in [0.2, 0.25) is 11.9 Å². The van der Waals surface area contributed by atoms with Gasteiger partial charge in [0.1, 0.15) is 0 Å². The fraction of sp³-hybridized carbons (Fsp3) is 0.125. The minimum atomic E-state index is 0.0678. The number of hydrogen-bond donors (Lipinski definition) is 2. The van der Waals surface area contributed by atoms with Gasteiger partial charge in [-0.3, -0.25) is 0 Å². The smallest absolute Gasteiger partial charge is 0.249 e. The molecular formula is C16H15BrN6O2. The van der Waals surface area contributed by atoms with Gasteiger partial charge in [0.15, 0.2) is 11.5 Å². The fourth-order valence-corrected chi connectivity index (χ4v) is 2.50.